The quantitative estimate of drug-likeness (QED) is 0.246. The maximum atomic E-state index is 6.23. The maximum absolute atomic E-state index is 6.23. The summed E-state index contributed by atoms with van der Waals surface area (Å²) < 4.78 is 12.4. The largest absolute Gasteiger partial charge is 0.514 e. The van der Waals surface area contributed by atoms with Crippen LogP contribution < -0.4 is 14.5 Å². The molecule has 0 saturated carbocycles. The minimum atomic E-state index is 0. The first-order valence-electron chi connectivity index (χ1n) is 11.7. The molecule has 0 fully saturated rings. The maximum Gasteiger partial charge on any atom is 0.131 e. The number of hydrogen-bond donors (Lipinski definition) is 0. The number of anilines is 3. The van der Waals surface area contributed by atoms with Gasteiger partial charge in [-0.05, 0) is 30.3 Å². The number of para-hydroxylation sites is 2. The minimum absolute atomic E-state index is 0. The molecule has 7 rings (SSSR count). The second-order valence-corrected chi connectivity index (χ2v) is 8.95. The van der Waals surface area contributed by atoms with E-state index < -0.39 is 0 Å². The van der Waals surface area contributed by atoms with Gasteiger partial charge in [0.15, 0.2) is 0 Å². The average molecular weight is 652 g/mol. The first-order valence-corrected chi connectivity index (χ1v) is 11.7. The number of hydrogen-bond acceptors (Lipinski definition) is 5. The Morgan fingerprint density at radius 2 is 1.64 bits per heavy atom. The summed E-state index contributed by atoms with van der Waals surface area (Å²) in [4.78, 5) is 9.10. The van der Waals surface area contributed by atoms with Gasteiger partial charge >= 0.3 is 0 Å². The normalized spacial score (nSPS) is 19.1. The van der Waals surface area contributed by atoms with Gasteiger partial charge in [0.25, 0.3) is 0 Å². The fraction of sp³-hybridized carbons (Fsp3) is 0.133. The SMILES string of the molecule is CN1[CH-]N(c2[c-]c(Oc3[c-]c(C4=N[C@@H]5c6ccccc6C[C@@H]5O4)ccc3)ccc2)c2ccccc21.[Pt]. The van der Waals surface area contributed by atoms with Gasteiger partial charge in [0.2, 0.25) is 0 Å². The van der Waals surface area contributed by atoms with Gasteiger partial charge in [-0.15, -0.1) is 42.1 Å². The molecule has 0 aromatic heterocycles. The van der Waals surface area contributed by atoms with Crippen LogP contribution in [0.4, 0.5) is 17.1 Å². The van der Waals surface area contributed by atoms with Crippen LogP contribution >= 0.6 is 0 Å². The second-order valence-electron chi connectivity index (χ2n) is 8.95. The van der Waals surface area contributed by atoms with E-state index in [4.69, 9.17) is 14.5 Å². The van der Waals surface area contributed by atoms with Crippen molar-refractivity contribution in [3.8, 4) is 11.5 Å². The number of nitrogens with zero attached hydrogens (tertiary/aromatic N) is 3. The molecule has 0 bridgehead atoms. The topological polar surface area (TPSA) is 37.3 Å². The van der Waals surface area contributed by atoms with Crippen LogP contribution in [0.15, 0.2) is 89.9 Å². The summed E-state index contributed by atoms with van der Waals surface area (Å²) in [7, 11) is 2.04. The van der Waals surface area contributed by atoms with Gasteiger partial charge in [-0.2, -0.15) is 12.7 Å². The summed E-state index contributed by atoms with van der Waals surface area (Å²) in [5, 5.41) is 0. The summed E-state index contributed by atoms with van der Waals surface area (Å²) >= 11 is 0. The molecule has 2 aliphatic heterocycles. The Labute approximate surface area is 225 Å². The number of rotatable bonds is 4. The van der Waals surface area contributed by atoms with Gasteiger partial charge in [-0.25, -0.2) is 0 Å². The second kappa shape index (κ2) is 9.14. The van der Waals surface area contributed by atoms with Crippen LogP contribution in [-0.4, -0.2) is 19.0 Å². The van der Waals surface area contributed by atoms with Crippen LogP contribution in [-0.2, 0) is 32.2 Å². The molecule has 0 unspecified atom stereocenters. The molecule has 3 aliphatic rings. The molecule has 2 heterocycles. The van der Waals surface area contributed by atoms with Crippen molar-refractivity contribution in [3.63, 3.8) is 0 Å². The summed E-state index contributed by atoms with van der Waals surface area (Å²) in [6.45, 7) is 2.05. The molecule has 4 aromatic carbocycles. The molecule has 2 atom stereocenters. The van der Waals surface area contributed by atoms with E-state index in [2.05, 4.69) is 65.0 Å². The van der Waals surface area contributed by atoms with E-state index in [0.29, 0.717) is 17.4 Å². The fourth-order valence-corrected chi connectivity index (χ4v) is 5.07. The Morgan fingerprint density at radius 3 is 2.53 bits per heavy atom. The van der Waals surface area contributed by atoms with Gasteiger partial charge in [-0.3, -0.25) is 4.99 Å². The van der Waals surface area contributed by atoms with Crippen molar-refractivity contribution < 1.29 is 30.5 Å². The summed E-state index contributed by atoms with van der Waals surface area (Å²) in [5.74, 6) is 1.85. The predicted octanol–water partition coefficient (Wildman–Crippen LogP) is 6.23. The van der Waals surface area contributed by atoms with E-state index in [0.717, 1.165) is 29.0 Å². The van der Waals surface area contributed by atoms with Crippen molar-refractivity contribution in [2.75, 3.05) is 16.8 Å². The van der Waals surface area contributed by atoms with E-state index >= 15 is 0 Å². The van der Waals surface area contributed by atoms with Crippen molar-refractivity contribution >= 4 is 23.0 Å². The Kier molecular flexibility index (Phi) is 5.81. The first kappa shape index (κ1) is 22.9. The summed E-state index contributed by atoms with van der Waals surface area (Å²) in [5.41, 5.74) is 6.56. The van der Waals surface area contributed by atoms with Crippen molar-refractivity contribution in [1.29, 1.82) is 0 Å². The average Bonchev–Trinajstić information content (AvgIpc) is 3.56. The molecule has 0 saturated heterocycles. The Balaban J connectivity index is 0.00000240. The zero-order valence-corrected chi connectivity index (χ0v) is 21.8. The molecule has 0 N–H and O–H groups in total. The van der Waals surface area contributed by atoms with Crippen LogP contribution in [0, 0.1) is 18.8 Å². The number of ether oxygens (including phenoxy) is 2. The van der Waals surface area contributed by atoms with Crippen LogP contribution in [0.25, 0.3) is 0 Å². The van der Waals surface area contributed by atoms with Gasteiger partial charge in [0.05, 0.1) is 0 Å². The van der Waals surface area contributed by atoms with Crippen LogP contribution in [0.3, 0.4) is 0 Å². The molecule has 4 aromatic rings. The molecule has 0 spiro atoms. The Hall–Kier alpha value is -3.56. The smallest absolute Gasteiger partial charge is 0.131 e. The molecule has 0 amide bonds. The van der Waals surface area contributed by atoms with E-state index in [9.17, 15) is 0 Å². The standard InChI is InChI=1S/C30H22N3O2.Pt/c1-32-19-33(27-15-5-4-14-26(27)32)22-10-7-12-24(18-22)34-23-11-6-9-21(16-23)30-31-29-25-13-3-2-8-20(25)17-28(29)35-30;/h2-15,19,28-29H,17H2,1H3;/q-3;/t28-,29+;/m0./s1. The Bertz CT molecular complexity index is 1470. The third kappa shape index (κ3) is 3.88. The van der Waals surface area contributed by atoms with E-state index in [1.165, 1.54) is 11.1 Å². The molecule has 0 radical (unpaired) electrons. The van der Waals surface area contributed by atoms with Crippen LogP contribution in [0.2, 0.25) is 0 Å². The van der Waals surface area contributed by atoms with Gasteiger partial charge in [0.1, 0.15) is 18.0 Å². The number of aliphatic imine (C=N–C) groups is 1. The van der Waals surface area contributed by atoms with Gasteiger partial charge in [-0.1, -0.05) is 48.0 Å². The fourth-order valence-electron chi connectivity index (χ4n) is 5.07. The molecule has 6 heteroatoms. The van der Waals surface area contributed by atoms with Crippen LogP contribution in [0.1, 0.15) is 22.7 Å². The molecule has 182 valence electrons. The van der Waals surface area contributed by atoms with Gasteiger partial charge < -0.3 is 19.3 Å². The Morgan fingerprint density at radius 1 is 0.889 bits per heavy atom. The minimum Gasteiger partial charge on any atom is -0.514 e. The monoisotopic (exact) mass is 651 g/mol. The summed E-state index contributed by atoms with van der Waals surface area (Å²) in [6, 6.07) is 35.2. The zero-order chi connectivity index (χ0) is 23.4. The summed E-state index contributed by atoms with van der Waals surface area (Å²) in [6.07, 6.45) is 0.945. The van der Waals surface area contributed by atoms with Crippen molar-refractivity contribution in [1.82, 2.24) is 0 Å². The molecule has 36 heavy (non-hydrogen) atoms. The van der Waals surface area contributed by atoms with E-state index in [-0.39, 0.29) is 33.2 Å². The third-order valence-electron chi connectivity index (χ3n) is 6.71. The first-order chi connectivity index (χ1) is 17.2. The third-order valence-corrected chi connectivity index (χ3v) is 6.71. The molecular formula is C30H22N3O2Pt-3. The molecular weight excluding hydrogens is 629 g/mol. The zero-order valence-electron chi connectivity index (χ0n) is 19.5. The van der Waals surface area contributed by atoms with E-state index in [1.807, 2.05) is 55.6 Å². The van der Waals surface area contributed by atoms with Crippen LogP contribution in [0.5, 0.6) is 11.5 Å². The number of fused-ring (bicyclic) bond motifs is 4. The van der Waals surface area contributed by atoms with Crippen molar-refractivity contribution in [2.24, 2.45) is 4.99 Å². The predicted molar refractivity (Wildman–Crippen MR) is 136 cm³/mol. The van der Waals surface area contributed by atoms with Gasteiger partial charge in [0, 0.05) is 50.4 Å². The van der Waals surface area contributed by atoms with Crippen molar-refractivity contribution in [3.05, 3.63) is 120 Å². The van der Waals surface area contributed by atoms with Crippen molar-refractivity contribution in [2.45, 2.75) is 18.6 Å². The van der Waals surface area contributed by atoms with E-state index in [1.54, 1.807) is 0 Å². The molecule has 1 aliphatic carbocycles. The number of benzene rings is 4. The molecule has 5 nitrogen and oxygen atoms in total.